The lowest BCUT2D eigenvalue weighted by Crippen LogP contribution is -2.55. The van der Waals surface area contributed by atoms with E-state index in [0.717, 1.165) is 31.8 Å². The van der Waals surface area contributed by atoms with E-state index in [4.69, 9.17) is 9.47 Å². The molecule has 0 N–H and O–H groups in total. The highest BCUT2D eigenvalue weighted by atomic mass is 16.5. The third-order valence-corrected chi connectivity index (χ3v) is 4.70. The molecule has 2 aliphatic heterocycles. The summed E-state index contributed by atoms with van der Waals surface area (Å²) in [6.07, 6.45) is 2.36. The van der Waals surface area contributed by atoms with Gasteiger partial charge in [-0.05, 0) is 32.0 Å². The van der Waals surface area contributed by atoms with Crippen molar-refractivity contribution in [1.29, 1.82) is 0 Å². The Bertz CT molecular complexity index is 462. The summed E-state index contributed by atoms with van der Waals surface area (Å²) in [7, 11) is 2.15. The van der Waals surface area contributed by atoms with Crippen molar-refractivity contribution in [2.75, 3.05) is 26.9 Å². The molecule has 1 aromatic carbocycles. The molecular formula is C17H23NO3. The number of ether oxygens (including phenoxy) is 2. The number of carbonyl (C=O) groups excluding carboxylic acids is 1. The molecule has 1 aromatic rings. The first-order valence-corrected chi connectivity index (χ1v) is 7.74. The maximum atomic E-state index is 12.4. The number of benzene rings is 1. The number of hydrogen-bond donors (Lipinski definition) is 0. The molecular weight excluding hydrogens is 266 g/mol. The molecule has 2 bridgehead atoms. The minimum Gasteiger partial charge on any atom is -0.493 e. The van der Waals surface area contributed by atoms with Gasteiger partial charge in [0.15, 0.2) is 0 Å². The lowest BCUT2D eigenvalue weighted by atomic mass is 9.82. The van der Waals surface area contributed by atoms with Crippen molar-refractivity contribution in [3.05, 3.63) is 30.3 Å². The molecule has 2 heterocycles. The Kier molecular flexibility index (Phi) is 4.56. The van der Waals surface area contributed by atoms with Crippen LogP contribution >= 0.6 is 0 Å². The summed E-state index contributed by atoms with van der Waals surface area (Å²) in [6.45, 7) is 2.00. The summed E-state index contributed by atoms with van der Waals surface area (Å²) in [5.41, 5.74) is 0. The number of rotatable bonds is 5. The summed E-state index contributed by atoms with van der Waals surface area (Å²) in [5, 5.41) is 0. The quantitative estimate of drug-likeness (QED) is 0.832. The van der Waals surface area contributed by atoms with Gasteiger partial charge in [0.1, 0.15) is 11.5 Å². The van der Waals surface area contributed by atoms with Crippen LogP contribution in [0.25, 0.3) is 0 Å². The van der Waals surface area contributed by atoms with Crippen LogP contribution in [0.4, 0.5) is 0 Å². The number of morpholine rings is 1. The fourth-order valence-corrected chi connectivity index (χ4v) is 3.35. The van der Waals surface area contributed by atoms with Gasteiger partial charge in [0.25, 0.3) is 0 Å². The average Bonchev–Trinajstić information content (AvgIpc) is 2.48. The first-order valence-electron chi connectivity index (χ1n) is 7.74. The first-order chi connectivity index (χ1) is 10.2. The maximum Gasteiger partial charge on any atom is 0.139 e. The smallest absolute Gasteiger partial charge is 0.139 e. The van der Waals surface area contributed by atoms with Crippen molar-refractivity contribution in [2.45, 2.75) is 31.3 Å². The van der Waals surface area contributed by atoms with Crippen molar-refractivity contribution in [1.82, 2.24) is 4.90 Å². The van der Waals surface area contributed by atoms with Crippen molar-refractivity contribution < 1.29 is 14.3 Å². The molecule has 3 rings (SSSR count). The first kappa shape index (κ1) is 14.5. The van der Waals surface area contributed by atoms with E-state index < -0.39 is 0 Å². The third-order valence-electron chi connectivity index (χ3n) is 4.70. The second-order valence-corrected chi connectivity index (χ2v) is 6.06. The summed E-state index contributed by atoms with van der Waals surface area (Å²) < 4.78 is 11.2. The zero-order valence-corrected chi connectivity index (χ0v) is 12.5. The minimum atomic E-state index is 0.180. The summed E-state index contributed by atoms with van der Waals surface area (Å²) in [5.74, 6) is 1.36. The van der Waals surface area contributed by atoms with Crippen LogP contribution in [0.1, 0.15) is 19.3 Å². The molecule has 2 fully saturated rings. The number of fused-ring (bicyclic) bond motifs is 2. The van der Waals surface area contributed by atoms with E-state index in [9.17, 15) is 4.79 Å². The molecule has 0 aromatic heterocycles. The monoisotopic (exact) mass is 289 g/mol. The molecule has 0 aliphatic carbocycles. The van der Waals surface area contributed by atoms with Gasteiger partial charge >= 0.3 is 0 Å². The Morgan fingerprint density at radius 1 is 1.24 bits per heavy atom. The van der Waals surface area contributed by atoms with Crippen LogP contribution in [0.15, 0.2) is 30.3 Å². The molecule has 2 saturated heterocycles. The molecule has 0 saturated carbocycles. The van der Waals surface area contributed by atoms with Crippen LogP contribution in [-0.2, 0) is 9.53 Å². The van der Waals surface area contributed by atoms with E-state index in [2.05, 4.69) is 11.9 Å². The highest BCUT2D eigenvalue weighted by Crippen LogP contribution is 2.31. The standard InChI is InChI=1S/C17H23NO3/c1-18-14-9-13(10-15(18)12-20-11-14)17(19)7-8-21-16-5-3-2-4-6-16/h2-6,13-15H,7-12H2,1H3. The van der Waals surface area contributed by atoms with Gasteiger partial charge in [-0.2, -0.15) is 0 Å². The summed E-state index contributed by atoms with van der Waals surface area (Å²) in [6, 6.07) is 10.5. The van der Waals surface area contributed by atoms with E-state index in [1.807, 2.05) is 30.3 Å². The Balaban J connectivity index is 1.47. The Morgan fingerprint density at radius 2 is 1.90 bits per heavy atom. The van der Waals surface area contributed by atoms with Crippen LogP contribution in [0.3, 0.4) is 0 Å². The normalized spacial score (nSPS) is 29.1. The Morgan fingerprint density at radius 3 is 2.57 bits per heavy atom. The van der Waals surface area contributed by atoms with Gasteiger partial charge < -0.3 is 9.47 Å². The van der Waals surface area contributed by atoms with Crippen LogP contribution in [0.5, 0.6) is 5.75 Å². The molecule has 4 heteroatoms. The van der Waals surface area contributed by atoms with Crippen molar-refractivity contribution in [3.8, 4) is 5.75 Å². The van der Waals surface area contributed by atoms with E-state index in [-0.39, 0.29) is 5.92 Å². The molecule has 0 amide bonds. The second kappa shape index (κ2) is 6.58. The van der Waals surface area contributed by atoms with Gasteiger partial charge in [0, 0.05) is 24.4 Å². The predicted octanol–water partition coefficient (Wildman–Crippen LogP) is 2.13. The highest BCUT2D eigenvalue weighted by Gasteiger charge is 2.38. The molecule has 114 valence electrons. The van der Waals surface area contributed by atoms with E-state index in [1.165, 1.54) is 0 Å². The average molecular weight is 289 g/mol. The third kappa shape index (κ3) is 3.44. The fraction of sp³-hybridized carbons (Fsp3) is 0.588. The Labute approximate surface area is 126 Å². The van der Waals surface area contributed by atoms with Crippen molar-refractivity contribution in [3.63, 3.8) is 0 Å². The van der Waals surface area contributed by atoms with Crippen molar-refractivity contribution in [2.24, 2.45) is 5.92 Å². The van der Waals surface area contributed by atoms with Gasteiger partial charge in [0.2, 0.25) is 0 Å². The van der Waals surface area contributed by atoms with Crippen LogP contribution in [-0.4, -0.2) is 49.6 Å². The number of hydrogen-bond acceptors (Lipinski definition) is 4. The fourth-order valence-electron chi connectivity index (χ4n) is 3.35. The number of ketones is 1. The van der Waals surface area contributed by atoms with Gasteiger partial charge in [-0.15, -0.1) is 0 Å². The molecule has 2 aliphatic rings. The Hall–Kier alpha value is -1.39. The van der Waals surface area contributed by atoms with E-state index in [1.54, 1.807) is 0 Å². The number of para-hydroxylation sites is 1. The zero-order chi connectivity index (χ0) is 14.7. The predicted molar refractivity (Wildman–Crippen MR) is 80.4 cm³/mol. The SMILES string of the molecule is CN1C2COCC1CC(C(=O)CCOc1ccccc1)C2. The second-order valence-electron chi connectivity index (χ2n) is 6.06. The molecule has 0 radical (unpaired) electrons. The lowest BCUT2D eigenvalue weighted by molar-refractivity contribution is -0.131. The van der Waals surface area contributed by atoms with Crippen LogP contribution < -0.4 is 4.74 Å². The van der Waals surface area contributed by atoms with Crippen molar-refractivity contribution >= 4 is 5.78 Å². The van der Waals surface area contributed by atoms with Gasteiger partial charge in [-0.25, -0.2) is 0 Å². The number of likely N-dealkylation sites (N-methyl/N-ethyl adjacent to an activating group) is 1. The van der Waals surface area contributed by atoms with Gasteiger partial charge in [0.05, 0.1) is 19.8 Å². The van der Waals surface area contributed by atoms with Crippen LogP contribution in [0.2, 0.25) is 0 Å². The molecule has 21 heavy (non-hydrogen) atoms. The van der Waals surface area contributed by atoms with E-state index >= 15 is 0 Å². The molecule has 2 atom stereocenters. The minimum absolute atomic E-state index is 0.180. The lowest BCUT2D eigenvalue weighted by Gasteiger charge is -2.46. The van der Waals surface area contributed by atoms with Gasteiger partial charge in [-0.3, -0.25) is 9.69 Å². The highest BCUT2D eigenvalue weighted by molar-refractivity contribution is 5.81. The molecule has 2 unspecified atom stereocenters. The summed E-state index contributed by atoms with van der Waals surface area (Å²) in [4.78, 5) is 14.8. The number of nitrogens with zero attached hydrogens (tertiary/aromatic N) is 1. The summed E-state index contributed by atoms with van der Waals surface area (Å²) >= 11 is 0. The topological polar surface area (TPSA) is 38.8 Å². The maximum absolute atomic E-state index is 12.4. The molecule has 0 spiro atoms. The van der Waals surface area contributed by atoms with Gasteiger partial charge in [-0.1, -0.05) is 18.2 Å². The zero-order valence-electron chi connectivity index (χ0n) is 12.5. The van der Waals surface area contributed by atoms with E-state index in [0.29, 0.717) is 30.9 Å². The number of Topliss-reactive ketones (excluding diaryl/α,β-unsaturated/α-hetero) is 1. The largest absolute Gasteiger partial charge is 0.493 e. The van der Waals surface area contributed by atoms with Crippen LogP contribution in [0, 0.1) is 5.92 Å². The number of carbonyl (C=O) groups is 1. The number of piperidine rings is 1. The molecule has 4 nitrogen and oxygen atoms in total.